The summed E-state index contributed by atoms with van der Waals surface area (Å²) in [6, 6.07) is 6.11. The maximum Gasteiger partial charge on any atom is 0.205 e. The van der Waals surface area contributed by atoms with E-state index in [1.807, 2.05) is 36.9 Å². The Morgan fingerprint density at radius 2 is 1.74 bits per heavy atom. The van der Waals surface area contributed by atoms with Crippen LogP contribution in [0.3, 0.4) is 0 Å². The molecule has 0 unspecified atom stereocenters. The molecule has 1 N–H and O–H groups in total. The molecular weight excluding hydrogens is 248 g/mol. The molecule has 0 bridgehead atoms. The van der Waals surface area contributed by atoms with E-state index in [2.05, 4.69) is 0 Å². The van der Waals surface area contributed by atoms with Gasteiger partial charge in [-0.1, -0.05) is 0 Å². The number of hydrogen-bond donors (Lipinski definition) is 1. The smallest absolute Gasteiger partial charge is 0.205 e. The molecule has 0 fully saturated rings. The van der Waals surface area contributed by atoms with Crippen molar-refractivity contribution >= 4 is 12.2 Å². The molecule has 4 heteroatoms. The van der Waals surface area contributed by atoms with E-state index in [9.17, 15) is 8.78 Å². The third-order valence-corrected chi connectivity index (χ3v) is 2.83. The Labute approximate surface area is 110 Å². The molecular formula is C15H14F2NO+. The van der Waals surface area contributed by atoms with Crippen LogP contribution in [0.2, 0.25) is 0 Å². The molecule has 0 radical (unpaired) electrons. The van der Waals surface area contributed by atoms with E-state index in [1.54, 1.807) is 12.2 Å². The monoisotopic (exact) mass is 262 g/mol. The lowest BCUT2D eigenvalue weighted by Gasteiger charge is -2.00. The van der Waals surface area contributed by atoms with E-state index >= 15 is 0 Å². The van der Waals surface area contributed by atoms with Crippen molar-refractivity contribution in [3.63, 3.8) is 0 Å². The number of aryl methyl sites for hydroxylation is 2. The van der Waals surface area contributed by atoms with Gasteiger partial charge in [-0.3, -0.25) is 0 Å². The zero-order valence-corrected chi connectivity index (χ0v) is 10.7. The number of halogens is 2. The number of aromatic hydroxyl groups is 1. The van der Waals surface area contributed by atoms with Gasteiger partial charge in [0.05, 0.1) is 0 Å². The van der Waals surface area contributed by atoms with Gasteiger partial charge >= 0.3 is 0 Å². The number of rotatable bonds is 2. The summed E-state index contributed by atoms with van der Waals surface area (Å²) in [6.45, 7) is 1.97. The van der Waals surface area contributed by atoms with Crippen molar-refractivity contribution in [3.8, 4) is 5.75 Å². The fraction of sp³-hybridized carbons (Fsp3) is 0.133. The molecule has 0 amide bonds. The van der Waals surface area contributed by atoms with Crippen LogP contribution in [0.15, 0.2) is 30.5 Å². The van der Waals surface area contributed by atoms with Crippen LogP contribution in [0.1, 0.15) is 16.8 Å². The molecule has 0 aliphatic carbocycles. The zero-order chi connectivity index (χ0) is 14.0. The Morgan fingerprint density at radius 1 is 1.11 bits per heavy atom. The van der Waals surface area contributed by atoms with E-state index in [4.69, 9.17) is 5.11 Å². The predicted octanol–water partition coefficient (Wildman–Crippen LogP) is 2.97. The van der Waals surface area contributed by atoms with Crippen LogP contribution in [-0.2, 0) is 7.05 Å². The molecule has 98 valence electrons. The first-order valence-electron chi connectivity index (χ1n) is 5.80. The fourth-order valence-electron chi connectivity index (χ4n) is 1.73. The fourth-order valence-corrected chi connectivity index (χ4v) is 1.73. The molecule has 0 saturated heterocycles. The minimum absolute atomic E-state index is 0.356. The minimum atomic E-state index is -0.965. The Balaban J connectivity index is 2.35. The maximum atomic E-state index is 13.2. The van der Waals surface area contributed by atoms with Gasteiger partial charge < -0.3 is 5.11 Å². The molecule has 0 aliphatic heterocycles. The van der Waals surface area contributed by atoms with Gasteiger partial charge in [0, 0.05) is 18.2 Å². The molecule has 2 nitrogen and oxygen atoms in total. The number of benzene rings is 1. The summed E-state index contributed by atoms with van der Waals surface area (Å²) in [6.07, 6.45) is 5.27. The molecule has 0 atom stereocenters. The summed E-state index contributed by atoms with van der Waals surface area (Å²) in [5, 5.41) is 9.02. The minimum Gasteiger partial charge on any atom is -0.503 e. The van der Waals surface area contributed by atoms with Crippen molar-refractivity contribution in [2.45, 2.75) is 6.92 Å². The third kappa shape index (κ3) is 2.96. The molecule has 1 aromatic heterocycles. The Bertz CT molecular complexity index is 628. The molecule has 19 heavy (non-hydrogen) atoms. The van der Waals surface area contributed by atoms with E-state index < -0.39 is 17.4 Å². The zero-order valence-electron chi connectivity index (χ0n) is 10.7. The van der Waals surface area contributed by atoms with Crippen LogP contribution in [0, 0.1) is 18.6 Å². The first kappa shape index (κ1) is 13.2. The van der Waals surface area contributed by atoms with Gasteiger partial charge in [-0.05, 0) is 36.3 Å². The summed E-state index contributed by atoms with van der Waals surface area (Å²) in [4.78, 5) is 0. The molecule has 0 saturated carbocycles. The van der Waals surface area contributed by atoms with Gasteiger partial charge in [0.25, 0.3) is 0 Å². The standard InChI is InChI=1S/C15H13F2NO/c1-10-5-6-18(2)12(7-10)4-3-11-8-13(16)15(19)14(17)9-11/h3-9H,1-2H3/p+1. The molecule has 1 aromatic carbocycles. The Morgan fingerprint density at radius 3 is 2.37 bits per heavy atom. The van der Waals surface area contributed by atoms with Crippen molar-refractivity contribution in [2.75, 3.05) is 0 Å². The molecule has 0 aliphatic rings. The van der Waals surface area contributed by atoms with E-state index in [0.29, 0.717) is 5.56 Å². The SMILES string of the molecule is Cc1cc[n+](C)c(/C=C/c2cc(F)c(O)c(F)c2)c1. The quantitative estimate of drug-likeness (QED) is 0.827. The largest absolute Gasteiger partial charge is 0.503 e. The Hall–Kier alpha value is -2.23. The highest BCUT2D eigenvalue weighted by Gasteiger charge is 2.08. The highest BCUT2D eigenvalue weighted by atomic mass is 19.1. The van der Waals surface area contributed by atoms with E-state index in [1.165, 1.54) is 0 Å². The summed E-state index contributed by atoms with van der Waals surface area (Å²) >= 11 is 0. The lowest BCUT2D eigenvalue weighted by atomic mass is 10.1. The van der Waals surface area contributed by atoms with E-state index in [0.717, 1.165) is 23.4 Å². The second-order valence-corrected chi connectivity index (χ2v) is 4.41. The third-order valence-electron chi connectivity index (χ3n) is 2.83. The van der Waals surface area contributed by atoms with Crippen molar-refractivity contribution in [3.05, 3.63) is 58.9 Å². The first-order chi connectivity index (χ1) is 8.97. The highest BCUT2D eigenvalue weighted by Crippen LogP contribution is 2.22. The summed E-state index contributed by atoms with van der Waals surface area (Å²) in [7, 11) is 1.89. The second-order valence-electron chi connectivity index (χ2n) is 4.41. The van der Waals surface area contributed by atoms with Gasteiger partial charge in [0.2, 0.25) is 5.69 Å². The highest BCUT2D eigenvalue weighted by molar-refractivity contribution is 5.67. The van der Waals surface area contributed by atoms with Crippen LogP contribution in [0.4, 0.5) is 8.78 Å². The number of phenols is 1. The van der Waals surface area contributed by atoms with Gasteiger partial charge in [-0.2, -0.15) is 0 Å². The number of hydrogen-bond acceptors (Lipinski definition) is 1. The van der Waals surface area contributed by atoms with Gasteiger partial charge in [-0.25, -0.2) is 13.3 Å². The molecule has 0 spiro atoms. The Kier molecular flexibility index (Phi) is 3.60. The van der Waals surface area contributed by atoms with Gasteiger partial charge in [0.1, 0.15) is 7.05 Å². The number of phenolic OH excluding ortho intramolecular Hbond substituents is 1. The molecule has 2 aromatic rings. The predicted molar refractivity (Wildman–Crippen MR) is 69.3 cm³/mol. The normalized spacial score (nSPS) is 11.2. The van der Waals surface area contributed by atoms with Crippen LogP contribution in [0.5, 0.6) is 5.75 Å². The van der Waals surface area contributed by atoms with Crippen LogP contribution < -0.4 is 4.57 Å². The summed E-state index contributed by atoms with van der Waals surface area (Å²) in [5.74, 6) is -2.88. The van der Waals surface area contributed by atoms with Crippen LogP contribution in [0.25, 0.3) is 12.2 Å². The molecule has 1 heterocycles. The van der Waals surface area contributed by atoms with E-state index in [-0.39, 0.29) is 0 Å². The lowest BCUT2D eigenvalue weighted by Crippen LogP contribution is -2.30. The maximum absolute atomic E-state index is 13.2. The van der Waals surface area contributed by atoms with Crippen LogP contribution >= 0.6 is 0 Å². The number of aromatic nitrogens is 1. The summed E-state index contributed by atoms with van der Waals surface area (Å²) < 4.78 is 28.3. The summed E-state index contributed by atoms with van der Waals surface area (Å²) in [5.41, 5.74) is 2.36. The second kappa shape index (κ2) is 5.18. The van der Waals surface area contributed by atoms with Gasteiger partial charge in [-0.15, -0.1) is 0 Å². The van der Waals surface area contributed by atoms with Crippen molar-refractivity contribution < 1.29 is 18.5 Å². The van der Waals surface area contributed by atoms with Crippen molar-refractivity contribution in [2.24, 2.45) is 7.05 Å². The topological polar surface area (TPSA) is 24.1 Å². The number of pyridine rings is 1. The van der Waals surface area contributed by atoms with Crippen molar-refractivity contribution in [1.29, 1.82) is 0 Å². The van der Waals surface area contributed by atoms with Crippen LogP contribution in [-0.4, -0.2) is 5.11 Å². The lowest BCUT2D eigenvalue weighted by molar-refractivity contribution is -0.673. The number of nitrogens with zero attached hydrogens (tertiary/aromatic N) is 1. The first-order valence-corrected chi connectivity index (χ1v) is 5.80. The van der Waals surface area contributed by atoms with Gasteiger partial charge in [0.15, 0.2) is 23.6 Å². The average Bonchev–Trinajstić information content (AvgIpc) is 2.37. The molecule has 2 rings (SSSR count). The van der Waals surface area contributed by atoms with Crippen molar-refractivity contribution in [1.82, 2.24) is 0 Å². The average molecular weight is 262 g/mol.